The van der Waals surface area contributed by atoms with Gasteiger partial charge in [0.1, 0.15) is 6.54 Å². The minimum Gasteiger partial charge on any atom is -0.336 e. The highest BCUT2D eigenvalue weighted by atomic mass is 19.4. The molecule has 7 heteroatoms. The number of rotatable bonds is 1. The number of hydrogen-bond donors (Lipinski definition) is 2. The van der Waals surface area contributed by atoms with Gasteiger partial charge in [-0.2, -0.15) is 13.2 Å². The molecule has 4 nitrogen and oxygen atoms in total. The number of nitrogens with one attached hydrogen (secondary N) is 2. The fraction of sp³-hybridized carbons (Fsp3) is 0.889. The molecule has 0 aromatic rings. The molecule has 2 saturated heterocycles. The maximum atomic E-state index is 12.4. The molecule has 1 spiro atoms. The zero-order valence-electron chi connectivity index (χ0n) is 8.73. The lowest BCUT2D eigenvalue weighted by atomic mass is 9.88. The maximum absolute atomic E-state index is 12.4. The van der Waals surface area contributed by atoms with Gasteiger partial charge in [-0.3, -0.25) is 0 Å². The van der Waals surface area contributed by atoms with Crippen LogP contribution in [0.1, 0.15) is 12.8 Å². The highest BCUT2D eigenvalue weighted by molar-refractivity contribution is 5.78. The number of carbonyl (C=O) groups excluding carboxylic acids is 1. The Labute approximate surface area is 91.2 Å². The zero-order chi connectivity index (χ0) is 11.8. The number of nitrogens with zero attached hydrogens (tertiary/aromatic N) is 1. The first-order valence-corrected chi connectivity index (χ1v) is 5.26. The second-order valence-corrected chi connectivity index (χ2v) is 4.33. The Morgan fingerprint density at radius 1 is 1.31 bits per heavy atom. The summed E-state index contributed by atoms with van der Waals surface area (Å²) in [7, 11) is 0. The van der Waals surface area contributed by atoms with E-state index >= 15 is 0 Å². The van der Waals surface area contributed by atoms with Crippen molar-refractivity contribution in [1.29, 1.82) is 0 Å². The Balaban J connectivity index is 2.14. The van der Waals surface area contributed by atoms with Crippen LogP contribution in [0.5, 0.6) is 0 Å². The molecule has 0 aliphatic carbocycles. The largest absolute Gasteiger partial charge is 0.406 e. The molecule has 2 amide bonds. The van der Waals surface area contributed by atoms with Crippen LogP contribution >= 0.6 is 0 Å². The molecule has 0 aromatic carbocycles. The van der Waals surface area contributed by atoms with E-state index in [9.17, 15) is 18.0 Å². The van der Waals surface area contributed by atoms with Crippen LogP contribution < -0.4 is 10.6 Å². The van der Waals surface area contributed by atoms with Crippen molar-refractivity contribution in [3.8, 4) is 0 Å². The number of piperidine rings is 1. The zero-order valence-corrected chi connectivity index (χ0v) is 8.73. The summed E-state index contributed by atoms with van der Waals surface area (Å²) in [5, 5.41) is 5.60. The smallest absolute Gasteiger partial charge is 0.336 e. The fourth-order valence-corrected chi connectivity index (χ4v) is 2.40. The van der Waals surface area contributed by atoms with Crippen LogP contribution in [0.3, 0.4) is 0 Å². The van der Waals surface area contributed by atoms with Crippen molar-refractivity contribution in [2.45, 2.75) is 24.6 Å². The van der Waals surface area contributed by atoms with E-state index in [1.54, 1.807) is 0 Å². The Hall–Kier alpha value is -0.980. The lowest BCUT2D eigenvalue weighted by Gasteiger charge is -2.40. The first kappa shape index (κ1) is 11.5. The Kier molecular flexibility index (Phi) is 2.73. The summed E-state index contributed by atoms with van der Waals surface area (Å²) in [4.78, 5) is 12.4. The third-order valence-electron chi connectivity index (χ3n) is 3.26. The number of alkyl halides is 3. The molecule has 2 N–H and O–H groups in total. The summed E-state index contributed by atoms with van der Waals surface area (Å²) in [6.07, 6.45) is -3.19. The van der Waals surface area contributed by atoms with Crippen LogP contribution in [0.4, 0.5) is 18.0 Å². The molecule has 2 fully saturated rings. The lowest BCUT2D eigenvalue weighted by molar-refractivity contribution is -0.148. The quantitative estimate of drug-likeness (QED) is 0.705. The number of halogens is 3. The van der Waals surface area contributed by atoms with E-state index in [4.69, 9.17) is 0 Å². The van der Waals surface area contributed by atoms with Gasteiger partial charge in [-0.05, 0) is 25.9 Å². The van der Waals surface area contributed by atoms with Crippen molar-refractivity contribution in [3.63, 3.8) is 0 Å². The maximum Gasteiger partial charge on any atom is 0.406 e. The van der Waals surface area contributed by atoms with E-state index in [0.29, 0.717) is 32.5 Å². The van der Waals surface area contributed by atoms with Crippen LogP contribution in [0, 0.1) is 0 Å². The normalized spacial score (nSPS) is 24.9. The molecule has 16 heavy (non-hydrogen) atoms. The first-order chi connectivity index (χ1) is 7.43. The Morgan fingerprint density at radius 3 is 2.50 bits per heavy atom. The van der Waals surface area contributed by atoms with E-state index in [2.05, 4.69) is 10.6 Å². The van der Waals surface area contributed by atoms with E-state index in [0.717, 1.165) is 4.90 Å². The minimum atomic E-state index is -4.33. The van der Waals surface area contributed by atoms with Crippen LogP contribution in [0.2, 0.25) is 0 Å². The average molecular weight is 237 g/mol. The third-order valence-corrected chi connectivity index (χ3v) is 3.26. The standard InChI is InChI=1S/C9H14F3N3O/c10-9(11,12)6-15-7(16)14-5-8(15)1-3-13-4-2-8/h13H,1-6H2,(H,14,16). The molecular weight excluding hydrogens is 223 g/mol. The predicted molar refractivity (Wildman–Crippen MR) is 51.0 cm³/mol. The summed E-state index contributed by atoms with van der Waals surface area (Å²) in [6, 6.07) is -0.598. The van der Waals surface area contributed by atoms with Crippen molar-refractivity contribution in [1.82, 2.24) is 15.5 Å². The average Bonchev–Trinajstić information content (AvgIpc) is 2.47. The molecule has 0 saturated carbocycles. The molecule has 2 aliphatic rings. The van der Waals surface area contributed by atoms with Crippen molar-refractivity contribution in [3.05, 3.63) is 0 Å². The summed E-state index contributed by atoms with van der Waals surface area (Å²) in [5.41, 5.74) is -0.641. The SMILES string of the molecule is O=C1NCC2(CCNCC2)N1CC(F)(F)F. The summed E-state index contributed by atoms with van der Waals surface area (Å²) in [5.74, 6) is 0. The molecule has 92 valence electrons. The highest BCUT2D eigenvalue weighted by Gasteiger charge is 2.49. The monoisotopic (exact) mass is 237 g/mol. The van der Waals surface area contributed by atoms with E-state index in [-0.39, 0.29) is 0 Å². The number of carbonyl (C=O) groups is 1. The minimum absolute atomic E-state index is 0.323. The second kappa shape index (κ2) is 3.80. The Morgan fingerprint density at radius 2 is 1.94 bits per heavy atom. The predicted octanol–water partition coefficient (Wildman–Crippen LogP) is 0.696. The molecule has 0 atom stereocenters. The van der Waals surface area contributed by atoms with Gasteiger partial charge in [0.25, 0.3) is 0 Å². The van der Waals surface area contributed by atoms with Crippen LogP contribution in [0.25, 0.3) is 0 Å². The summed E-state index contributed by atoms with van der Waals surface area (Å²) >= 11 is 0. The second-order valence-electron chi connectivity index (χ2n) is 4.33. The van der Waals surface area contributed by atoms with Crippen LogP contribution in [0.15, 0.2) is 0 Å². The molecule has 2 rings (SSSR count). The van der Waals surface area contributed by atoms with E-state index in [1.807, 2.05) is 0 Å². The molecule has 0 bridgehead atoms. The first-order valence-electron chi connectivity index (χ1n) is 5.26. The van der Waals surface area contributed by atoms with Crippen molar-refractivity contribution >= 4 is 6.03 Å². The summed E-state index contributed by atoms with van der Waals surface area (Å²) < 4.78 is 37.1. The third kappa shape index (κ3) is 2.09. The van der Waals surface area contributed by atoms with E-state index in [1.165, 1.54) is 0 Å². The van der Waals surface area contributed by atoms with E-state index < -0.39 is 24.3 Å². The van der Waals surface area contributed by atoms with Gasteiger partial charge < -0.3 is 15.5 Å². The van der Waals surface area contributed by atoms with Gasteiger partial charge in [-0.15, -0.1) is 0 Å². The number of amides is 2. The fourth-order valence-electron chi connectivity index (χ4n) is 2.40. The van der Waals surface area contributed by atoms with Gasteiger partial charge in [0.15, 0.2) is 0 Å². The van der Waals surface area contributed by atoms with Crippen molar-refractivity contribution < 1.29 is 18.0 Å². The number of hydrogen-bond acceptors (Lipinski definition) is 2. The van der Waals surface area contributed by atoms with Gasteiger partial charge in [-0.25, -0.2) is 4.79 Å². The molecular formula is C9H14F3N3O. The van der Waals surface area contributed by atoms with Gasteiger partial charge in [0.2, 0.25) is 0 Å². The molecule has 0 unspecified atom stereocenters. The molecule has 2 heterocycles. The number of urea groups is 1. The van der Waals surface area contributed by atoms with Gasteiger partial charge in [0, 0.05) is 6.54 Å². The topological polar surface area (TPSA) is 44.4 Å². The van der Waals surface area contributed by atoms with Gasteiger partial charge in [0.05, 0.1) is 5.54 Å². The van der Waals surface area contributed by atoms with Crippen molar-refractivity contribution in [2.75, 3.05) is 26.2 Å². The highest BCUT2D eigenvalue weighted by Crippen LogP contribution is 2.32. The summed E-state index contributed by atoms with van der Waals surface area (Å²) in [6.45, 7) is 0.481. The Bertz CT molecular complexity index is 286. The molecule has 2 aliphatic heterocycles. The van der Waals surface area contributed by atoms with Gasteiger partial charge in [-0.1, -0.05) is 0 Å². The van der Waals surface area contributed by atoms with Gasteiger partial charge >= 0.3 is 12.2 Å². The molecule has 0 aromatic heterocycles. The van der Waals surface area contributed by atoms with Crippen LogP contribution in [-0.4, -0.2) is 48.8 Å². The molecule has 0 radical (unpaired) electrons. The van der Waals surface area contributed by atoms with Crippen molar-refractivity contribution in [2.24, 2.45) is 0 Å². The van der Waals surface area contributed by atoms with Crippen LogP contribution in [-0.2, 0) is 0 Å². The lowest BCUT2D eigenvalue weighted by Crippen LogP contribution is -2.55.